The van der Waals surface area contributed by atoms with Crippen LogP contribution in [0.1, 0.15) is 19.5 Å². The van der Waals surface area contributed by atoms with Gasteiger partial charge in [-0.25, -0.2) is 4.98 Å². The molecule has 6 heteroatoms. The average Bonchev–Trinajstić information content (AvgIpc) is 3.00. The van der Waals surface area contributed by atoms with E-state index in [2.05, 4.69) is 9.97 Å². The molecule has 0 atom stereocenters. The summed E-state index contributed by atoms with van der Waals surface area (Å²) in [6, 6.07) is 5.99. The first-order chi connectivity index (χ1) is 9.65. The molecule has 2 heterocycles. The molecule has 0 saturated carbocycles. The van der Waals surface area contributed by atoms with Crippen LogP contribution in [0.25, 0.3) is 11.0 Å². The standard InChI is InChI=1S/C14H15N3OS2/c1-9(2)18-12-5-3-4-11-13(12)16-14(19)17(11)6-10-7-20-8-15-10/h3-5,7-9H,6H2,1-2H3,(H,16,19). The number of benzene rings is 1. The maximum atomic E-state index is 5.83. The van der Waals surface area contributed by atoms with Crippen LogP contribution in [-0.4, -0.2) is 20.6 Å². The van der Waals surface area contributed by atoms with Gasteiger partial charge in [-0.3, -0.25) is 0 Å². The Balaban J connectivity index is 2.09. The summed E-state index contributed by atoms with van der Waals surface area (Å²) in [4.78, 5) is 7.56. The second kappa shape index (κ2) is 5.38. The Hall–Kier alpha value is -1.66. The zero-order valence-electron chi connectivity index (χ0n) is 11.3. The molecule has 0 bridgehead atoms. The molecule has 104 valence electrons. The predicted octanol–water partition coefficient (Wildman–Crippen LogP) is 3.99. The number of ether oxygens (including phenoxy) is 1. The Morgan fingerprint density at radius 1 is 1.45 bits per heavy atom. The summed E-state index contributed by atoms with van der Waals surface area (Å²) in [6.45, 7) is 4.70. The van der Waals surface area contributed by atoms with E-state index in [1.807, 2.05) is 47.5 Å². The first-order valence-electron chi connectivity index (χ1n) is 6.40. The van der Waals surface area contributed by atoms with Crippen LogP contribution in [0.3, 0.4) is 0 Å². The first-order valence-corrected chi connectivity index (χ1v) is 7.75. The van der Waals surface area contributed by atoms with Gasteiger partial charge in [-0.2, -0.15) is 0 Å². The largest absolute Gasteiger partial charge is 0.489 e. The molecular weight excluding hydrogens is 290 g/mol. The van der Waals surface area contributed by atoms with Gasteiger partial charge in [0.05, 0.1) is 29.4 Å². The Labute approximate surface area is 126 Å². The van der Waals surface area contributed by atoms with Gasteiger partial charge in [-0.15, -0.1) is 11.3 Å². The number of rotatable bonds is 4. The Bertz CT molecular complexity index is 771. The van der Waals surface area contributed by atoms with Crippen LogP contribution in [-0.2, 0) is 6.54 Å². The van der Waals surface area contributed by atoms with Gasteiger partial charge in [0, 0.05) is 5.38 Å². The maximum Gasteiger partial charge on any atom is 0.178 e. The molecule has 20 heavy (non-hydrogen) atoms. The molecule has 0 amide bonds. The zero-order valence-corrected chi connectivity index (χ0v) is 12.9. The number of aromatic amines is 1. The quantitative estimate of drug-likeness (QED) is 0.741. The lowest BCUT2D eigenvalue weighted by Crippen LogP contribution is -2.06. The number of hydrogen-bond acceptors (Lipinski definition) is 4. The fraction of sp³-hybridized carbons (Fsp3) is 0.286. The smallest absolute Gasteiger partial charge is 0.178 e. The topological polar surface area (TPSA) is 42.8 Å². The van der Waals surface area contributed by atoms with Gasteiger partial charge in [0.25, 0.3) is 0 Å². The minimum Gasteiger partial charge on any atom is -0.489 e. The van der Waals surface area contributed by atoms with Crippen LogP contribution in [0.15, 0.2) is 29.1 Å². The molecule has 0 saturated heterocycles. The van der Waals surface area contributed by atoms with E-state index in [1.54, 1.807) is 11.3 Å². The fourth-order valence-electron chi connectivity index (χ4n) is 2.14. The minimum atomic E-state index is 0.129. The molecule has 3 rings (SSSR count). The number of nitrogens with one attached hydrogen (secondary N) is 1. The lowest BCUT2D eigenvalue weighted by molar-refractivity contribution is 0.245. The summed E-state index contributed by atoms with van der Waals surface area (Å²) in [7, 11) is 0. The highest BCUT2D eigenvalue weighted by Gasteiger charge is 2.11. The molecule has 0 aliphatic rings. The van der Waals surface area contributed by atoms with E-state index >= 15 is 0 Å². The SMILES string of the molecule is CC(C)Oc1cccc2c1[nH]c(=S)n2Cc1cscn1. The summed E-state index contributed by atoms with van der Waals surface area (Å²) in [6.07, 6.45) is 0.129. The van der Waals surface area contributed by atoms with E-state index in [4.69, 9.17) is 17.0 Å². The number of nitrogens with zero attached hydrogens (tertiary/aromatic N) is 2. The number of thiazole rings is 1. The van der Waals surface area contributed by atoms with E-state index in [0.717, 1.165) is 22.5 Å². The third-order valence-corrected chi connectivity index (χ3v) is 3.90. The number of imidazole rings is 1. The summed E-state index contributed by atoms with van der Waals surface area (Å²) in [5.74, 6) is 0.834. The lowest BCUT2D eigenvalue weighted by Gasteiger charge is -2.10. The monoisotopic (exact) mass is 305 g/mol. The zero-order chi connectivity index (χ0) is 14.1. The van der Waals surface area contributed by atoms with Crippen LogP contribution >= 0.6 is 23.6 Å². The maximum absolute atomic E-state index is 5.83. The molecule has 1 aromatic carbocycles. The van der Waals surface area contributed by atoms with Gasteiger partial charge in [-0.05, 0) is 38.2 Å². The van der Waals surface area contributed by atoms with Gasteiger partial charge in [-0.1, -0.05) is 6.07 Å². The molecule has 4 nitrogen and oxygen atoms in total. The molecular formula is C14H15N3OS2. The van der Waals surface area contributed by atoms with Crippen molar-refractivity contribution in [3.63, 3.8) is 0 Å². The van der Waals surface area contributed by atoms with Crippen LogP contribution in [0.2, 0.25) is 0 Å². The van der Waals surface area contributed by atoms with Crippen LogP contribution in [0.5, 0.6) is 5.75 Å². The normalized spacial score (nSPS) is 11.3. The van der Waals surface area contributed by atoms with Crippen molar-refractivity contribution in [2.45, 2.75) is 26.5 Å². The van der Waals surface area contributed by atoms with Crippen molar-refractivity contribution in [2.24, 2.45) is 0 Å². The third kappa shape index (κ3) is 2.48. The summed E-state index contributed by atoms with van der Waals surface area (Å²) >= 11 is 7.02. The molecule has 0 aliphatic carbocycles. The number of fused-ring (bicyclic) bond motifs is 1. The molecule has 3 aromatic rings. The van der Waals surface area contributed by atoms with Crippen molar-refractivity contribution in [2.75, 3.05) is 0 Å². The van der Waals surface area contributed by atoms with E-state index in [1.165, 1.54) is 0 Å². The van der Waals surface area contributed by atoms with Gasteiger partial charge in [0.2, 0.25) is 0 Å². The number of H-pyrrole nitrogens is 1. The van der Waals surface area contributed by atoms with Crippen LogP contribution < -0.4 is 4.74 Å². The third-order valence-electron chi connectivity index (χ3n) is 2.94. The number of hydrogen-bond donors (Lipinski definition) is 1. The van der Waals surface area contributed by atoms with E-state index < -0.39 is 0 Å². The molecule has 0 fully saturated rings. The number of aromatic nitrogens is 3. The van der Waals surface area contributed by atoms with Gasteiger partial charge < -0.3 is 14.3 Å². The lowest BCUT2D eigenvalue weighted by atomic mass is 10.3. The van der Waals surface area contributed by atoms with Crippen LogP contribution in [0.4, 0.5) is 0 Å². The second-order valence-electron chi connectivity index (χ2n) is 4.81. The summed E-state index contributed by atoms with van der Waals surface area (Å²) in [5.41, 5.74) is 4.84. The van der Waals surface area contributed by atoms with Crippen molar-refractivity contribution in [3.8, 4) is 5.75 Å². The Morgan fingerprint density at radius 2 is 2.30 bits per heavy atom. The van der Waals surface area contributed by atoms with Gasteiger partial charge >= 0.3 is 0 Å². The highest BCUT2D eigenvalue weighted by atomic mass is 32.1. The highest BCUT2D eigenvalue weighted by molar-refractivity contribution is 7.71. The molecule has 2 aromatic heterocycles. The average molecular weight is 305 g/mol. The molecule has 0 radical (unpaired) electrons. The summed E-state index contributed by atoms with van der Waals surface area (Å²) in [5, 5.41) is 2.04. The predicted molar refractivity (Wildman–Crippen MR) is 84.1 cm³/mol. The van der Waals surface area contributed by atoms with Crippen molar-refractivity contribution in [1.29, 1.82) is 0 Å². The second-order valence-corrected chi connectivity index (χ2v) is 5.92. The van der Waals surface area contributed by atoms with Gasteiger partial charge in [0.15, 0.2) is 4.77 Å². The molecule has 0 aliphatic heterocycles. The van der Waals surface area contributed by atoms with E-state index in [0.29, 0.717) is 11.3 Å². The minimum absolute atomic E-state index is 0.129. The van der Waals surface area contributed by atoms with Crippen molar-refractivity contribution >= 4 is 34.6 Å². The fourth-order valence-corrected chi connectivity index (χ4v) is 2.96. The molecule has 0 unspecified atom stereocenters. The Kier molecular flexibility index (Phi) is 3.58. The Morgan fingerprint density at radius 3 is 3.00 bits per heavy atom. The molecule has 0 spiro atoms. The van der Waals surface area contributed by atoms with E-state index in [-0.39, 0.29) is 6.10 Å². The van der Waals surface area contributed by atoms with E-state index in [9.17, 15) is 0 Å². The highest BCUT2D eigenvalue weighted by Crippen LogP contribution is 2.26. The van der Waals surface area contributed by atoms with Crippen molar-refractivity contribution in [3.05, 3.63) is 39.6 Å². The van der Waals surface area contributed by atoms with Crippen molar-refractivity contribution < 1.29 is 4.74 Å². The molecule has 1 N–H and O–H groups in total. The number of para-hydroxylation sites is 1. The summed E-state index contributed by atoms with van der Waals surface area (Å²) < 4.78 is 8.56. The first kappa shape index (κ1) is 13.3. The van der Waals surface area contributed by atoms with Crippen LogP contribution in [0, 0.1) is 4.77 Å². The van der Waals surface area contributed by atoms with Crippen molar-refractivity contribution in [1.82, 2.24) is 14.5 Å². The van der Waals surface area contributed by atoms with Gasteiger partial charge in [0.1, 0.15) is 11.3 Å².